The number of rotatable bonds is 6. The van der Waals surface area contributed by atoms with E-state index >= 15 is 0 Å². The molecule has 0 aromatic carbocycles. The summed E-state index contributed by atoms with van der Waals surface area (Å²) >= 11 is 0. The van der Waals surface area contributed by atoms with Gasteiger partial charge in [-0.3, -0.25) is 8.98 Å². The van der Waals surface area contributed by atoms with Crippen LogP contribution in [0, 0.1) is 0 Å². The van der Waals surface area contributed by atoms with Crippen LogP contribution in [0.4, 0.5) is 4.79 Å². The summed E-state index contributed by atoms with van der Waals surface area (Å²) in [6.45, 7) is 2.01. The minimum Gasteiger partial charge on any atom is -0.448 e. The lowest BCUT2D eigenvalue weighted by molar-refractivity contribution is -0.118. The van der Waals surface area contributed by atoms with Gasteiger partial charge in [-0.2, -0.15) is 8.42 Å². The summed E-state index contributed by atoms with van der Waals surface area (Å²) in [6, 6.07) is 0. The van der Waals surface area contributed by atoms with Gasteiger partial charge in [0.1, 0.15) is 18.5 Å². The summed E-state index contributed by atoms with van der Waals surface area (Å²) in [4.78, 5) is 23.5. The summed E-state index contributed by atoms with van der Waals surface area (Å²) in [5, 5.41) is 0. The molecule has 1 aliphatic rings. The number of ketones is 1. The number of hydrogen-bond acceptors (Lipinski definition) is 6. The summed E-state index contributed by atoms with van der Waals surface area (Å²) in [5.74, 6) is -0.203. The van der Waals surface area contributed by atoms with Gasteiger partial charge in [0.2, 0.25) is 0 Å². The van der Waals surface area contributed by atoms with Gasteiger partial charge >= 0.3 is 6.09 Å². The van der Waals surface area contributed by atoms with Crippen molar-refractivity contribution in [2.75, 3.05) is 26.0 Å². The van der Waals surface area contributed by atoms with Crippen LogP contribution in [0.25, 0.3) is 0 Å². The molecule has 1 amide bonds. The second kappa shape index (κ2) is 5.46. The van der Waals surface area contributed by atoms with Crippen molar-refractivity contribution in [1.29, 1.82) is 0 Å². The average Bonchev–Trinajstić information content (AvgIpc) is 2.47. The van der Waals surface area contributed by atoms with Crippen molar-refractivity contribution in [2.24, 2.45) is 0 Å². The Morgan fingerprint density at radius 3 is 2.65 bits per heavy atom. The van der Waals surface area contributed by atoms with Crippen molar-refractivity contribution in [1.82, 2.24) is 4.90 Å². The van der Waals surface area contributed by atoms with Crippen molar-refractivity contribution in [3.8, 4) is 0 Å². The van der Waals surface area contributed by atoms with Crippen LogP contribution >= 0.6 is 0 Å². The van der Waals surface area contributed by atoms with Crippen LogP contribution in [0.2, 0.25) is 0 Å². The zero-order valence-corrected chi connectivity index (χ0v) is 10.5. The molecule has 0 spiro atoms. The normalized spacial score (nSPS) is 18.0. The van der Waals surface area contributed by atoms with E-state index in [-0.39, 0.29) is 25.4 Å². The van der Waals surface area contributed by atoms with Crippen molar-refractivity contribution < 1.29 is 26.9 Å². The van der Waals surface area contributed by atoms with Crippen LogP contribution in [0.5, 0.6) is 0 Å². The number of carbonyl (C=O) groups is 2. The summed E-state index contributed by atoms with van der Waals surface area (Å²) in [5.41, 5.74) is 0. The molecule has 0 aliphatic carbocycles. The first-order valence-electron chi connectivity index (χ1n) is 5.07. The number of ether oxygens (including phenoxy) is 1. The van der Waals surface area contributed by atoms with Gasteiger partial charge in [0.25, 0.3) is 10.1 Å². The van der Waals surface area contributed by atoms with Crippen molar-refractivity contribution in [3.05, 3.63) is 0 Å². The first-order valence-corrected chi connectivity index (χ1v) is 6.89. The van der Waals surface area contributed by atoms with E-state index in [1.54, 1.807) is 0 Å². The second-order valence-corrected chi connectivity index (χ2v) is 5.49. The number of Topliss-reactive ketones (excluding diaryl/α,β-unsaturated/α-hetero) is 1. The number of nitrogens with zero attached hydrogens (tertiary/aromatic N) is 1. The summed E-state index contributed by atoms with van der Waals surface area (Å²) in [6.07, 6.45) is -0.525. The number of hydrogen-bond donors (Lipinski definition) is 0. The number of amides is 1. The highest BCUT2D eigenvalue weighted by Gasteiger charge is 2.27. The van der Waals surface area contributed by atoms with Gasteiger partial charge in [0.15, 0.2) is 0 Å². The van der Waals surface area contributed by atoms with Gasteiger partial charge in [-0.1, -0.05) is 0 Å². The molecule has 1 saturated heterocycles. The Morgan fingerprint density at radius 1 is 1.59 bits per heavy atom. The molecule has 0 radical (unpaired) electrons. The monoisotopic (exact) mass is 265 g/mol. The van der Waals surface area contributed by atoms with Crippen molar-refractivity contribution in [3.63, 3.8) is 0 Å². The molecule has 8 heteroatoms. The Labute approximate surface area is 99.8 Å². The van der Waals surface area contributed by atoms with Crippen LogP contribution in [-0.4, -0.2) is 57.3 Å². The third kappa shape index (κ3) is 5.14. The molecule has 1 atom stereocenters. The highest BCUT2D eigenvalue weighted by Crippen LogP contribution is 2.10. The van der Waals surface area contributed by atoms with Crippen LogP contribution in [-0.2, 0) is 23.8 Å². The molecule has 0 bridgehead atoms. The Hall–Kier alpha value is -1.15. The third-order valence-corrected chi connectivity index (χ3v) is 2.72. The van der Waals surface area contributed by atoms with E-state index in [0.717, 1.165) is 6.26 Å². The lowest BCUT2D eigenvalue weighted by atomic mass is 10.2. The van der Waals surface area contributed by atoms with E-state index in [1.807, 2.05) is 0 Å². The molecule has 0 N–H and O–H groups in total. The number of carbonyl (C=O) groups excluding carboxylic acids is 2. The fourth-order valence-electron chi connectivity index (χ4n) is 1.53. The van der Waals surface area contributed by atoms with Crippen LogP contribution in [0.15, 0.2) is 0 Å². The maximum Gasteiger partial charge on any atom is 0.410 e. The van der Waals surface area contributed by atoms with Gasteiger partial charge < -0.3 is 9.64 Å². The fraction of sp³-hybridized carbons (Fsp3) is 0.778. The predicted octanol–water partition coefficient (Wildman–Crippen LogP) is -0.237. The molecule has 0 saturated carbocycles. The molecule has 98 valence electrons. The van der Waals surface area contributed by atoms with E-state index in [4.69, 9.17) is 8.92 Å². The van der Waals surface area contributed by atoms with E-state index < -0.39 is 22.3 Å². The minimum atomic E-state index is -3.66. The molecular weight excluding hydrogens is 250 g/mol. The highest BCUT2D eigenvalue weighted by molar-refractivity contribution is 7.86. The molecule has 0 unspecified atom stereocenters. The Bertz CT molecular complexity index is 404. The minimum absolute atomic E-state index is 0.0332. The highest BCUT2D eigenvalue weighted by atomic mass is 32.2. The standard InChI is InChI=1S/C9H15NO6S/c1-7(11)5-8(16-17(2,13)14)6-10-3-4-15-9(10)12/h8H,3-6H2,1-2H3/t8-/m1/s1. The predicted molar refractivity (Wildman–Crippen MR) is 57.9 cm³/mol. The lowest BCUT2D eigenvalue weighted by Gasteiger charge is -2.20. The Morgan fingerprint density at radius 2 is 2.24 bits per heavy atom. The fourth-order valence-corrected chi connectivity index (χ4v) is 2.16. The maximum atomic E-state index is 11.2. The smallest absolute Gasteiger partial charge is 0.410 e. The quantitative estimate of drug-likeness (QED) is 0.616. The number of cyclic esters (lactones) is 1. The van der Waals surface area contributed by atoms with E-state index in [1.165, 1.54) is 11.8 Å². The zero-order chi connectivity index (χ0) is 13.1. The van der Waals surface area contributed by atoms with Crippen molar-refractivity contribution >= 4 is 22.0 Å². The lowest BCUT2D eigenvalue weighted by Crippen LogP contribution is -2.36. The van der Waals surface area contributed by atoms with Crippen LogP contribution < -0.4 is 0 Å². The van der Waals surface area contributed by atoms with Gasteiger partial charge in [0, 0.05) is 6.42 Å². The van der Waals surface area contributed by atoms with Crippen molar-refractivity contribution in [2.45, 2.75) is 19.4 Å². The third-order valence-electron chi connectivity index (χ3n) is 2.09. The van der Waals surface area contributed by atoms with E-state index in [0.29, 0.717) is 6.54 Å². The molecule has 0 aromatic heterocycles. The Balaban J connectivity index is 2.62. The second-order valence-electron chi connectivity index (χ2n) is 3.89. The van der Waals surface area contributed by atoms with Gasteiger partial charge in [-0.15, -0.1) is 0 Å². The largest absolute Gasteiger partial charge is 0.448 e. The first-order chi connectivity index (χ1) is 7.78. The van der Waals surface area contributed by atoms with Gasteiger partial charge in [0.05, 0.1) is 19.3 Å². The molecule has 17 heavy (non-hydrogen) atoms. The summed E-state index contributed by atoms with van der Waals surface area (Å²) in [7, 11) is -3.66. The van der Waals surface area contributed by atoms with E-state index in [9.17, 15) is 18.0 Å². The van der Waals surface area contributed by atoms with Crippen LogP contribution in [0.3, 0.4) is 0 Å². The molecule has 1 aliphatic heterocycles. The first kappa shape index (κ1) is 13.9. The Kier molecular flexibility index (Phi) is 4.47. The van der Waals surface area contributed by atoms with E-state index in [2.05, 4.69) is 0 Å². The SMILES string of the molecule is CC(=O)C[C@H](CN1CCOC1=O)OS(C)(=O)=O. The maximum absolute atomic E-state index is 11.2. The summed E-state index contributed by atoms with van der Waals surface area (Å²) < 4.78 is 31.5. The average molecular weight is 265 g/mol. The zero-order valence-electron chi connectivity index (χ0n) is 9.71. The van der Waals surface area contributed by atoms with Crippen LogP contribution in [0.1, 0.15) is 13.3 Å². The molecule has 1 heterocycles. The topological polar surface area (TPSA) is 90.0 Å². The molecular formula is C9H15NO6S. The van der Waals surface area contributed by atoms with Gasteiger partial charge in [-0.25, -0.2) is 4.79 Å². The molecule has 7 nitrogen and oxygen atoms in total. The molecule has 1 rings (SSSR count). The molecule has 1 fully saturated rings. The van der Waals surface area contributed by atoms with Gasteiger partial charge in [-0.05, 0) is 6.92 Å². The molecule has 0 aromatic rings.